The Kier molecular flexibility index (Phi) is 7.11. The van der Waals surface area contributed by atoms with Crippen LogP contribution in [0.15, 0.2) is 170 Å². The quantitative estimate of drug-likeness (QED) is 0.171. The van der Waals surface area contributed by atoms with Gasteiger partial charge in [0.1, 0.15) is 22.7 Å². The minimum absolute atomic E-state index is 0.932. The van der Waals surface area contributed by atoms with Gasteiger partial charge in [-0.05, 0) is 93.8 Å². The Labute approximate surface area is 318 Å². The highest BCUT2D eigenvalue weighted by Crippen LogP contribution is 2.42. The van der Waals surface area contributed by atoms with E-state index < -0.39 is 0 Å². The molecule has 4 aromatic heterocycles. The molecule has 0 saturated carbocycles. The van der Waals surface area contributed by atoms with Crippen molar-refractivity contribution in [3.05, 3.63) is 170 Å². The number of nitrogens with zero attached hydrogens (tertiary/aromatic N) is 6. The molecule has 254 valence electrons. The molecule has 11 aromatic rings. The molecule has 6 nitrogen and oxygen atoms in total. The van der Waals surface area contributed by atoms with Gasteiger partial charge < -0.3 is 9.13 Å². The molecule has 0 aliphatic carbocycles. The van der Waals surface area contributed by atoms with Gasteiger partial charge in [-0.25, -0.2) is 9.97 Å². The normalized spacial score (nSPS) is 11.7. The number of hydrogen-bond acceptors (Lipinski definition) is 6. The zero-order chi connectivity index (χ0) is 35.6. The third-order valence-electron chi connectivity index (χ3n) is 10.4. The van der Waals surface area contributed by atoms with E-state index in [4.69, 9.17) is 0 Å². The van der Waals surface area contributed by atoms with Gasteiger partial charge in [-0.3, -0.25) is 0 Å². The van der Waals surface area contributed by atoms with Crippen LogP contribution in [0.5, 0.6) is 0 Å². The van der Waals surface area contributed by atoms with Gasteiger partial charge in [0.15, 0.2) is 0 Å². The van der Waals surface area contributed by atoms with Crippen molar-refractivity contribution in [1.82, 2.24) is 27.8 Å². The van der Waals surface area contributed by atoms with E-state index in [0.717, 1.165) is 32.5 Å². The Hall–Kier alpha value is -6.74. The van der Waals surface area contributed by atoms with Crippen molar-refractivity contribution in [3.8, 4) is 54.8 Å². The summed E-state index contributed by atoms with van der Waals surface area (Å²) < 4.78 is 13.1. The molecule has 54 heavy (non-hydrogen) atoms. The first-order valence-corrected chi connectivity index (χ1v) is 19.2. The summed E-state index contributed by atoms with van der Waals surface area (Å²) in [4.78, 5) is 8.71. The fourth-order valence-corrected chi connectivity index (χ4v) is 8.95. The number of aromatic nitrogens is 6. The van der Waals surface area contributed by atoms with Crippen molar-refractivity contribution in [2.75, 3.05) is 0 Å². The molecule has 0 radical (unpaired) electrons. The van der Waals surface area contributed by atoms with Crippen LogP contribution in [-0.2, 0) is 0 Å². The Bertz CT molecular complexity index is 2890. The molecule has 0 saturated heterocycles. The van der Waals surface area contributed by atoms with Gasteiger partial charge in [0.2, 0.25) is 0 Å². The van der Waals surface area contributed by atoms with Gasteiger partial charge in [0.25, 0.3) is 0 Å². The van der Waals surface area contributed by atoms with Gasteiger partial charge in [-0.1, -0.05) is 109 Å². The monoisotopic (exact) mass is 728 g/mol. The fraction of sp³-hybridized carbons (Fsp3) is 0. The Morgan fingerprint density at radius 1 is 0.333 bits per heavy atom. The molecule has 0 amide bonds. The first-order valence-electron chi connectivity index (χ1n) is 17.7. The van der Waals surface area contributed by atoms with E-state index in [0.29, 0.717) is 0 Å². The lowest BCUT2D eigenvalue weighted by Crippen LogP contribution is -1.95. The summed E-state index contributed by atoms with van der Waals surface area (Å²) in [5.41, 5.74) is 13.9. The van der Waals surface area contributed by atoms with Gasteiger partial charge in [0, 0.05) is 44.0 Å². The maximum Gasteiger partial charge on any atom is 0.143 e. The van der Waals surface area contributed by atoms with E-state index in [9.17, 15) is 0 Å². The van der Waals surface area contributed by atoms with Crippen LogP contribution < -0.4 is 0 Å². The highest BCUT2D eigenvalue weighted by molar-refractivity contribution is 7.09. The molecule has 0 spiro atoms. The number of fused-ring (bicyclic) bond motifs is 7. The van der Waals surface area contributed by atoms with Crippen LogP contribution in [0.25, 0.3) is 98.4 Å². The average Bonchev–Trinajstić information content (AvgIpc) is 4.07. The summed E-state index contributed by atoms with van der Waals surface area (Å²) in [6.45, 7) is 0. The van der Waals surface area contributed by atoms with Crippen LogP contribution >= 0.6 is 23.1 Å². The van der Waals surface area contributed by atoms with Gasteiger partial charge in [-0.15, -0.1) is 0 Å². The highest BCUT2D eigenvalue weighted by atomic mass is 32.1. The number of benzene rings is 7. The summed E-state index contributed by atoms with van der Waals surface area (Å²) in [5, 5.41) is 6.88. The SMILES string of the molecule is c1ccc2c(c1)c1c3c4ccccc4n(-c4ccc(-c5ccc(-c6ncns6)cc5)cc4)c3ccc1n2-c1ccc(-c2ccc(-c3ncns3)cc2)cc1. The molecule has 0 atom stereocenters. The van der Waals surface area contributed by atoms with E-state index in [-0.39, 0.29) is 0 Å². The Balaban J connectivity index is 1.02. The molecule has 0 fully saturated rings. The van der Waals surface area contributed by atoms with Crippen LogP contribution in [0.4, 0.5) is 0 Å². The summed E-state index contributed by atoms with van der Waals surface area (Å²) >= 11 is 2.83. The molecule has 11 rings (SSSR count). The lowest BCUT2D eigenvalue weighted by molar-refractivity contribution is 1.17. The zero-order valence-corrected chi connectivity index (χ0v) is 30.3. The third kappa shape index (κ3) is 4.92. The molecule has 7 aromatic carbocycles. The molecule has 4 heterocycles. The predicted molar refractivity (Wildman–Crippen MR) is 224 cm³/mol. The minimum Gasteiger partial charge on any atom is -0.309 e. The summed E-state index contributed by atoms with van der Waals surface area (Å²) in [7, 11) is 0. The number of para-hydroxylation sites is 2. The lowest BCUT2D eigenvalue weighted by Gasteiger charge is -2.11. The van der Waals surface area contributed by atoms with E-state index in [1.54, 1.807) is 12.7 Å². The average molecular weight is 729 g/mol. The maximum absolute atomic E-state index is 4.35. The van der Waals surface area contributed by atoms with Crippen LogP contribution in [0.3, 0.4) is 0 Å². The second kappa shape index (κ2) is 12.4. The standard InChI is InChI=1S/C46H28N6S2/c1-3-7-39-37(5-1)43-41(51(39)35-21-17-31(18-22-35)29-9-13-33(14-10-29)45-47-27-49-53-45)25-26-42-44(43)38-6-2-4-8-40(38)52(42)36-23-19-32(20-24-36)30-11-15-34(16-12-30)46-48-28-50-54-46/h1-28H. The fourth-order valence-electron chi connectivity index (χ4n) is 7.89. The van der Waals surface area contributed by atoms with Crippen molar-refractivity contribution < 1.29 is 0 Å². The number of rotatable bonds is 6. The van der Waals surface area contributed by atoms with Crippen molar-refractivity contribution in [3.63, 3.8) is 0 Å². The Morgan fingerprint density at radius 3 is 1.06 bits per heavy atom. The van der Waals surface area contributed by atoms with Crippen LogP contribution in [0, 0.1) is 0 Å². The summed E-state index contributed by atoms with van der Waals surface area (Å²) in [6.07, 6.45) is 3.21. The van der Waals surface area contributed by atoms with E-state index in [2.05, 4.69) is 186 Å². The van der Waals surface area contributed by atoms with E-state index in [1.165, 1.54) is 88.9 Å². The molecular formula is C46H28N6S2. The molecule has 0 bridgehead atoms. The third-order valence-corrected chi connectivity index (χ3v) is 11.8. The predicted octanol–water partition coefficient (Wildman–Crippen LogP) is 12.3. The van der Waals surface area contributed by atoms with Gasteiger partial charge >= 0.3 is 0 Å². The van der Waals surface area contributed by atoms with Crippen LogP contribution in [0.2, 0.25) is 0 Å². The van der Waals surface area contributed by atoms with Crippen LogP contribution in [-0.4, -0.2) is 27.8 Å². The van der Waals surface area contributed by atoms with Crippen molar-refractivity contribution >= 4 is 66.7 Å². The topological polar surface area (TPSA) is 61.4 Å². The molecule has 0 unspecified atom stereocenters. The van der Waals surface area contributed by atoms with E-state index in [1.807, 2.05) is 0 Å². The maximum atomic E-state index is 4.35. The van der Waals surface area contributed by atoms with Crippen molar-refractivity contribution in [1.29, 1.82) is 0 Å². The zero-order valence-electron chi connectivity index (χ0n) is 28.7. The van der Waals surface area contributed by atoms with Gasteiger partial charge in [0.05, 0.1) is 22.1 Å². The molecular weight excluding hydrogens is 701 g/mol. The smallest absolute Gasteiger partial charge is 0.143 e. The van der Waals surface area contributed by atoms with E-state index >= 15 is 0 Å². The van der Waals surface area contributed by atoms with Crippen molar-refractivity contribution in [2.24, 2.45) is 0 Å². The first kappa shape index (κ1) is 30.8. The van der Waals surface area contributed by atoms with Crippen molar-refractivity contribution in [2.45, 2.75) is 0 Å². The molecule has 8 heteroatoms. The largest absolute Gasteiger partial charge is 0.309 e. The highest BCUT2D eigenvalue weighted by Gasteiger charge is 2.20. The Morgan fingerprint density at radius 2 is 0.685 bits per heavy atom. The first-order chi connectivity index (χ1) is 26.8. The summed E-state index contributed by atoms with van der Waals surface area (Å²) in [5.74, 6) is 0. The number of hydrogen-bond donors (Lipinski definition) is 0. The molecule has 0 N–H and O–H groups in total. The molecule has 0 aliphatic rings. The molecule has 0 aliphatic heterocycles. The summed E-state index contributed by atoms with van der Waals surface area (Å²) in [6, 6.07) is 57.1. The van der Waals surface area contributed by atoms with Gasteiger partial charge in [-0.2, -0.15) is 8.75 Å². The second-order valence-electron chi connectivity index (χ2n) is 13.3. The minimum atomic E-state index is 0.932. The van der Waals surface area contributed by atoms with Crippen LogP contribution in [0.1, 0.15) is 0 Å². The second-order valence-corrected chi connectivity index (χ2v) is 14.9. The lowest BCUT2D eigenvalue weighted by atomic mass is 10.0.